The first kappa shape index (κ1) is 19.7. The molecule has 1 aliphatic carbocycles. The van der Waals surface area contributed by atoms with E-state index in [0.29, 0.717) is 29.0 Å². The molecule has 3 aromatic rings. The van der Waals surface area contributed by atoms with Crippen LogP contribution in [0.2, 0.25) is 0 Å². The van der Waals surface area contributed by atoms with E-state index in [0.717, 1.165) is 30.4 Å². The first-order valence-electron chi connectivity index (χ1n) is 10.5. The van der Waals surface area contributed by atoms with E-state index in [1.807, 2.05) is 30.0 Å². The number of aryl methyl sites for hydroxylation is 2. The Morgan fingerprint density at radius 2 is 2.06 bits per heavy atom. The first-order chi connectivity index (χ1) is 14.9. The van der Waals surface area contributed by atoms with Crippen molar-refractivity contribution in [3.63, 3.8) is 0 Å². The number of aromatic nitrogens is 3. The van der Waals surface area contributed by atoms with Crippen molar-refractivity contribution < 1.29 is 13.6 Å². The fourth-order valence-electron chi connectivity index (χ4n) is 5.19. The molecule has 1 aromatic carbocycles. The van der Waals surface area contributed by atoms with Crippen molar-refractivity contribution in [2.45, 2.75) is 51.6 Å². The van der Waals surface area contributed by atoms with Crippen LogP contribution in [0.15, 0.2) is 41.1 Å². The molecule has 5 rings (SSSR count). The number of pyridine rings is 1. The highest BCUT2D eigenvalue weighted by atomic mass is 19.1. The SMILES string of the molecule is Cc1nnc([C@@]23C[C@@H](C)C[C@@H](C2)N3C(=O)Nc2ccc(C)c(-c3cncc(F)c3)c2)o1. The van der Waals surface area contributed by atoms with Crippen LogP contribution < -0.4 is 5.32 Å². The second-order valence-corrected chi connectivity index (χ2v) is 8.78. The highest BCUT2D eigenvalue weighted by molar-refractivity contribution is 5.92. The quantitative estimate of drug-likeness (QED) is 0.655. The number of carbonyl (C=O) groups is 1. The van der Waals surface area contributed by atoms with Gasteiger partial charge in [-0.1, -0.05) is 13.0 Å². The summed E-state index contributed by atoms with van der Waals surface area (Å²) in [6.07, 6.45) is 5.38. The van der Waals surface area contributed by atoms with Gasteiger partial charge in [-0.25, -0.2) is 9.18 Å². The molecule has 7 nitrogen and oxygen atoms in total. The zero-order chi connectivity index (χ0) is 21.8. The third-order valence-corrected chi connectivity index (χ3v) is 6.41. The Kier molecular flexibility index (Phi) is 4.53. The Labute approximate surface area is 179 Å². The molecule has 2 fully saturated rings. The van der Waals surface area contributed by atoms with Crippen molar-refractivity contribution in [1.29, 1.82) is 0 Å². The molecule has 160 valence electrons. The molecule has 8 heteroatoms. The van der Waals surface area contributed by atoms with Gasteiger partial charge in [0.15, 0.2) is 0 Å². The number of carbonyl (C=O) groups excluding carboxylic acids is 1. The predicted molar refractivity (Wildman–Crippen MR) is 113 cm³/mol. The zero-order valence-corrected chi connectivity index (χ0v) is 17.7. The van der Waals surface area contributed by atoms with Gasteiger partial charge in [0.05, 0.1) is 6.20 Å². The van der Waals surface area contributed by atoms with Crippen LogP contribution in [0.1, 0.15) is 43.5 Å². The molecule has 1 saturated carbocycles. The van der Waals surface area contributed by atoms with Gasteiger partial charge in [-0.2, -0.15) is 0 Å². The van der Waals surface area contributed by atoms with Crippen molar-refractivity contribution in [2.24, 2.45) is 5.92 Å². The van der Waals surface area contributed by atoms with E-state index in [4.69, 9.17) is 4.42 Å². The summed E-state index contributed by atoms with van der Waals surface area (Å²) in [6, 6.07) is 7.01. The minimum Gasteiger partial charge on any atom is -0.423 e. The molecule has 2 bridgehead atoms. The van der Waals surface area contributed by atoms with E-state index in [9.17, 15) is 9.18 Å². The summed E-state index contributed by atoms with van der Waals surface area (Å²) in [7, 11) is 0. The van der Waals surface area contributed by atoms with E-state index in [-0.39, 0.29) is 12.1 Å². The molecular formula is C23H24FN5O2. The number of nitrogens with one attached hydrogen (secondary N) is 1. The molecule has 1 aliphatic heterocycles. The summed E-state index contributed by atoms with van der Waals surface area (Å²) in [6.45, 7) is 5.90. The summed E-state index contributed by atoms with van der Waals surface area (Å²) in [5, 5.41) is 11.3. The minimum absolute atomic E-state index is 0.147. The smallest absolute Gasteiger partial charge is 0.323 e. The van der Waals surface area contributed by atoms with Crippen LogP contribution in [0.25, 0.3) is 11.1 Å². The van der Waals surface area contributed by atoms with Crippen LogP contribution in [-0.2, 0) is 5.54 Å². The number of hydrogen-bond donors (Lipinski definition) is 1. The number of anilines is 1. The highest BCUT2D eigenvalue weighted by Gasteiger charge is 2.62. The van der Waals surface area contributed by atoms with E-state index >= 15 is 0 Å². The van der Waals surface area contributed by atoms with Gasteiger partial charge in [-0.15, -0.1) is 10.2 Å². The lowest BCUT2D eigenvalue weighted by Gasteiger charge is -2.61. The van der Waals surface area contributed by atoms with E-state index < -0.39 is 11.4 Å². The van der Waals surface area contributed by atoms with Crippen LogP contribution in [0.3, 0.4) is 0 Å². The van der Waals surface area contributed by atoms with Crippen molar-refractivity contribution in [3.05, 3.63) is 59.8 Å². The Hall–Kier alpha value is -3.29. The standard InChI is InChI=1S/C23H24FN5O2/c1-13-6-19-10-23(9-13,21-28-27-15(3)31-21)29(19)22(30)26-18-5-4-14(2)20(8-18)16-7-17(24)12-25-11-16/h4-5,7-8,11-13,19H,6,9-10H2,1-3H3,(H,26,30)/t13-,19-,23+/m0/s1. The Morgan fingerprint density at radius 1 is 1.23 bits per heavy atom. The van der Waals surface area contributed by atoms with Crippen LogP contribution >= 0.6 is 0 Å². The minimum atomic E-state index is -0.548. The third kappa shape index (κ3) is 3.26. The fourth-order valence-corrected chi connectivity index (χ4v) is 5.19. The van der Waals surface area contributed by atoms with Gasteiger partial charge in [-0.05, 0) is 55.0 Å². The van der Waals surface area contributed by atoms with Gasteiger partial charge in [-0.3, -0.25) is 4.98 Å². The van der Waals surface area contributed by atoms with Crippen molar-refractivity contribution >= 4 is 11.7 Å². The molecule has 2 aromatic heterocycles. The maximum absolute atomic E-state index is 13.7. The predicted octanol–water partition coefficient (Wildman–Crippen LogP) is 4.82. The van der Waals surface area contributed by atoms with Gasteiger partial charge in [0.1, 0.15) is 11.4 Å². The largest absolute Gasteiger partial charge is 0.423 e. The molecule has 2 amide bonds. The molecule has 1 N–H and O–H groups in total. The van der Waals surface area contributed by atoms with Crippen molar-refractivity contribution in [3.8, 4) is 11.1 Å². The van der Waals surface area contributed by atoms with Gasteiger partial charge < -0.3 is 14.6 Å². The average molecular weight is 421 g/mol. The molecule has 0 radical (unpaired) electrons. The Bertz CT molecular complexity index is 1160. The average Bonchev–Trinajstić information content (AvgIpc) is 3.15. The number of fused-ring (bicyclic) bond motifs is 2. The highest BCUT2D eigenvalue weighted by Crippen LogP contribution is 2.55. The van der Waals surface area contributed by atoms with Gasteiger partial charge >= 0.3 is 6.03 Å². The molecule has 1 saturated heterocycles. The zero-order valence-electron chi connectivity index (χ0n) is 17.7. The van der Waals surface area contributed by atoms with Crippen molar-refractivity contribution in [1.82, 2.24) is 20.1 Å². The molecular weight excluding hydrogens is 397 g/mol. The summed E-state index contributed by atoms with van der Waals surface area (Å²) in [5.74, 6) is 1.09. The number of piperidine rings is 1. The topological polar surface area (TPSA) is 84.2 Å². The summed E-state index contributed by atoms with van der Waals surface area (Å²) in [5.41, 5.74) is 2.56. The second kappa shape index (κ2) is 7.14. The lowest BCUT2D eigenvalue weighted by molar-refractivity contribution is -0.110. The molecule has 2 aliphatic rings. The molecule has 31 heavy (non-hydrogen) atoms. The monoisotopic (exact) mass is 421 g/mol. The number of urea groups is 1. The van der Waals surface area contributed by atoms with Gasteiger partial charge in [0.2, 0.25) is 11.8 Å². The van der Waals surface area contributed by atoms with E-state index in [1.54, 1.807) is 13.1 Å². The molecule has 0 unspecified atom stereocenters. The van der Waals surface area contributed by atoms with Crippen LogP contribution in [0, 0.1) is 25.6 Å². The van der Waals surface area contributed by atoms with Crippen molar-refractivity contribution in [2.75, 3.05) is 5.32 Å². The first-order valence-corrected chi connectivity index (χ1v) is 10.5. The van der Waals surface area contributed by atoms with E-state index in [1.165, 1.54) is 12.3 Å². The number of nitrogens with zero attached hydrogens (tertiary/aromatic N) is 4. The number of likely N-dealkylation sites (tertiary alicyclic amines) is 1. The van der Waals surface area contributed by atoms with Crippen LogP contribution in [0.4, 0.5) is 14.9 Å². The Balaban J connectivity index is 1.43. The number of benzene rings is 1. The van der Waals surface area contributed by atoms with Crippen LogP contribution in [0.5, 0.6) is 0 Å². The number of amides is 2. The third-order valence-electron chi connectivity index (χ3n) is 6.41. The van der Waals surface area contributed by atoms with Crippen LogP contribution in [-0.4, -0.2) is 32.2 Å². The fraction of sp³-hybridized carbons (Fsp3) is 0.391. The van der Waals surface area contributed by atoms with E-state index in [2.05, 4.69) is 27.4 Å². The number of hydrogen-bond acceptors (Lipinski definition) is 5. The number of rotatable bonds is 3. The lowest BCUT2D eigenvalue weighted by atomic mass is 9.64. The normalized spacial score (nSPS) is 24.6. The lowest BCUT2D eigenvalue weighted by Crippen LogP contribution is -2.70. The summed E-state index contributed by atoms with van der Waals surface area (Å²) >= 11 is 0. The molecule has 0 spiro atoms. The maximum Gasteiger partial charge on any atom is 0.323 e. The Morgan fingerprint density at radius 3 is 2.81 bits per heavy atom. The molecule has 3 heterocycles. The van der Waals surface area contributed by atoms with Gasteiger partial charge in [0.25, 0.3) is 0 Å². The van der Waals surface area contributed by atoms with Gasteiger partial charge in [0, 0.05) is 36.8 Å². The second-order valence-electron chi connectivity index (χ2n) is 8.78. The molecule has 3 atom stereocenters. The summed E-state index contributed by atoms with van der Waals surface area (Å²) < 4.78 is 19.4. The summed E-state index contributed by atoms with van der Waals surface area (Å²) in [4.78, 5) is 19.1. The number of halogens is 1. The maximum atomic E-state index is 13.7.